The number of carbonyl (C=O) groups is 2. The first-order chi connectivity index (χ1) is 7.99. The third-order valence-corrected chi connectivity index (χ3v) is 3.74. The Morgan fingerprint density at radius 3 is 2.82 bits per heavy atom. The molecule has 0 aliphatic carbocycles. The molecule has 0 saturated carbocycles. The fourth-order valence-corrected chi connectivity index (χ4v) is 2.16. The van der Waals surface area contributed by atoms with E-state index in [1.165, 1.54) is 4.90 Å². The maximum absolute atomic E-state index is 11.9. The highest BCUT2D eigenvalue weighted by molar-refractivity contribution is 9.10. The first-order valence-corrected chi connectivity index (χ1v) is 6.22. The Morgan fingerprint density at radius 2 is 2.18 bits per heavy atom. The largest absolute Gasteiger partial charge is 0.343 e. The summed E-state index contributed by atoms with van der Waals surface area (Å²) < 4.78 is 0.697. The van der Waals surface area contributed by atoms with E-state index >= 15 is 0 Å². The fourth-order valence-electron chi connectivity index (χ4n) is 1.68. The van der Waals surface area contributed by atoms with Crippen LogP contribution in [0.15, 0.2) is 22.7 Å². The molecule has 4 nitrogen and oxygen atoms in total. The Bertz CT molecular complexity index is 492. The Kier molecular flexibility index (Phi) is 3.40. The van der Waals surface area contributed by atoms with Crippen molar-refractivity contribution in [3.8, 4) is 0 Å². The molecule has 17 heavy (non-hydrogen) atoms. The second kappa shape index (κ2) is 4.66. The van der Waals surface area contributed by atoms with Crippen LogP contribution < -0.4 is 10.2 Å². The molecule has 1 aliphatic heterocycles. The van der Waals surface area contributed by atoms with Gasteiger partial charge in [-0.15, -0.1) is 0 Å². The van der Waals surface area contributed by atoms with Crippen molar-refractivity contribution >= 4 is 45.0 Å². The molecule has 1 aromatic rings. The highest BCUT2D eigenvalue weighted by Crippen LogP contribution is 2.28. The van der Waals surface area contributed by atoms with Crippen LogP contribution in [0.1, 0.15) is 6.92 Å². The second-order valence-electron chi connectivity index (χ2n) is 3.81. The SMILES string of the molecule is CC1NC(=O)CN(c2ccc(Cl)c(Br)c2)C1=O. The van der Waals surface area contributed by atoms with Gasteiger partial charge in [0.25, 0.3) is 0 Å². The predicted molar refractivity (Wildman–Crippen MR) is 69.1 cm³/mol. The summed E-state index contributed by atoms with van der Waals surface area (Å²) in [5, 5.41) is 3.15. The molecule has 6 heteroatoms. The zero-order valence-electron chi connectivity index (χ0n) is 9.04. The minimum Gasteiger partial charge on any atom is -0.343 e. The Hall–Kier alpha value is -1.07. The summed E-state index contributed by atoms with van der Waals surface area (Å²) >= 11 is 9.18. The average Bonchev–Trinajstić information content (AvgIpc) is 2.27. The van der Waals surface area contributed by atoms with Gasteiger partial charge in [-0.2, -0.15) is 0 Å². The van der Waals surface area contributed by atoms with Crippen LogP contribution in [0.25, 0.3) is 0 Å². The van der Waals surface area contributed by atoms with E-state index in [9.17, 15) is 9.59 Å². The molecule has 1 N–H and O–H groups in total. The molecule has 1 unspecified atom stereocenters. The molecule has 2 rings (SSSR count). The molecule has 0 radical (unpaired) electrons. The molecular formula is C11H10BrClN2O2. The van der Waals surface area contributed by atoms with Gasteiger partial charge in [0.2, 0.25) is 11.8 Å². The summed E-state index contributed by atoms with van der Waals surface area (Å²) in [5.74, 6) is -0.290. The summed E-state index contributed by atoms with van der Waals surface area (Å²) in [4.78, 5) is 24.8. The van der Waals surface area contributed by atoms with Crippen molar-refractivity contribution in [3.63, 3.8) is 0 Å². The zero-order chi connectivity index (χ0) is 12.6. The monoisotopic (exact) mass is 316 g/mol. The molecule has 1 aromatic carbocycles. The van der Waals surface area contributed by atoms with Crippen LogP contribution >= 0.6 is 27.5 Å². The van der Waals surface area contributed by atoms with Gasteiger partial charge in [-0.25, -0.2) is 0 Å². The normalized spacial score (nSPS) is 20.4. The van der Waals surface area contributed by atoms with E-state index in [0.717, 1.165) is 0 Å². The number of hydrogen-bond donors (Lipinski definition) is 1. The number of amides is 2. The number of anilines is 1. The van der Waals surface area contributed by atoms with Crippen molar-refractivity contribution in [3.05, 3.63) is 27.7 Å². The average molecular weight is 318 g/mol. The molecule has 0 bridgehead atoms. The van der Waals surface area contributed by atoms with E-state index in [1.807, 2.05) is 0 Å². The minimum atomic E-state index is -0.495. The third-order valence-electron chi connectivity index (χ3n) is 2.53. The van der Waals surface area contributed by atoms with Gasteiger partial charge in [-0.1, -0.05) is 11.6 Å². The Morgan fingerprint density at radius 1 is 1.47 bits per heavy atom. The van der Waals surface area contributed by atoms with Crippen molar-refractivity contribution in [2.45, 2.75) is 13.0 Å². The molecule has 1 atom stereocenters. The minimum absolute atomic E-state index is 0.0389. The smallest absolute Gasteiger partial charge is 0.249 e. The molecule has 90 valence electrons. The first-order valence-electron chi connectivity index (χ1n) is 5.05. The highest BCUT2D eigenvalue weighted by atomic mass is 79.9. The third kappa shape index (κ3) is 2.45. The summed E-state index contributed by atoms with van der Waals surface area (Å²) in [6, 6.07) is 4.64. The van der Waals surface area contributed by atoms with E-state index in [0.29, 0.717) is 15.2 Å². The van der Waals surface area contributed by atoms with E-state index in [-0.39, 0.29) is 18.4 Å². The number of halogens is 2. The molecule has 1 aliphatic rings. The number of hydrogen-bond acceptors (Lipinski definition) is 2. The lowest BCUT2D eigenvalue weighted by Crippen LogP contribution is -2.57. The molecule has 1 heterocycles. The van der Waals surface area contributed by atoms with Gasteiger partial charge < -0.3 is 10.2 Å². The van der Waals surface area contributed by atoms with Crippen LogP contribution in [0.4, 0.5) is 5.69 Å². The summed E-state index contributed by atoms with van der Waals surface area (Å²) in [6.45, 7) is 1.70. The molecule has 1 saturated heterocycles. The van der Waals surface area contributed by atoms with Crippen molar-refractivity contribution in [2.75, 3.05) is 11.4 Å². The van der Waals surface area contributed by atoms with Crippen molar-refractivity contribution in [1.29, 1.82) is 0 Å². The quantitative estimate of drug-likeness (QED) is 0.861. The Labute approximate surface area is 112 Å². The van der Waals surface area contributed by atoms with Gasteiger partial charge in [0.1, 0.15) is 12.6 Å². The van der Waals surface area contributed by atoms with E-state index in [1.54, 1.807) is 25.1 Å². The standard InChI is InChI=1S/C11H10BrClN2O2/c1-6-11(17)15(5-10(16)14-6)7-2-3-9(13)8(12)4-7/h2-4,6H,5H2,1H3,(H,14,16). The lowest BCUT2D eigenvalue weighted by atomic mass is 10.2. The van der Waals surface area contributed by atoms with Crippen LogP contribution in [0.2, 0.25) is 5.02 Å². The zero-order valence-corrected chi connectivity index (χ0v) is 11.4. The van der Waals surface area contributed by atoms with Gasteiger partial charge in [0, 0.05) is 10.2 Å². The van der Waals surface area contributed by atoms with Crippen LogP contribution in [0, 0.1) is 0 Å². The number of rotatable bonds is 1. The molecule has 1 fully saturated rings. The number of benzene rings is 1. The maximum atomic E-state index is 11.9. The van der Waals surface area contributed by atoms with Crippen molar-refractivity contribution in [1.82, 2.24) is 5.32 Å². The van der Waals surface area contributed by atoms with Crippen LogP contribution in [-0.2, 0) is 9.59 Å². The van der Waals surface area contributed by atoms with Crippen LogP contribution in [-0.4, -0.2) is 24.4 Å². The number of carbonyl (C=O) groups excluding carboxylic acids is 2. The van der Waals surface area contributed by atoms with Gasteiger partial charge >= 0.3 is 0 Å². The summed E-state index contributed by atoms with van der Waals surface area (Å²) in [7, 11) is 0. The lowest BCUT2D eigenvalue weighted by molar-refractivity contribution is -0.130. The van der Waals surface area contributed by atoms with E-state index in [2.05, 4.69) is 21.2 Å². The van der Waals surface area contributed by atoms with Crippen LogP contribution in [0.3, 0.4) is 0 Å². The number of nitrogens with one attached hydrogen (secondary N) is 1. The molecule has 0 aromatic heterocycles. The van der Waals surface area contributed by atoms with Crippen molar-refractivity contribution < 1.29 is 9.59 Å². The van der Waals surface area contributed by atoms with Gasteiger partial charge in [-0.05, 0) is 41.1 Å². The summed E-state index contributed by atoms with van der Waals surface area (Å²) in [5.41, 5.74) is 0.660. The lowest BCUT2D eigenvalue weighted by Gasteiger charge is -2.30. The molecular weight excluding hydrogens is 307 g/mol. The number of piperazine rings is 1. The Balaban J connectivity index is 2.34. The predicted octanol–water partition coefficient (Wildman–Crippen LogP) is 1.95. The summed E-state index contributed by atoms with van der Waals surface area (Å²) in [6.07, 6.45) is 0. The van der Waals surface area contributed by atoms with E-state index < -0.39 is 6.04 Å². The first kappa shape index (κ1) is 12.4. The van der Waals surface area contributed by atoms with Gasteiger partial charge in [0.15, 0.2) is 0 Å². The van der Waals surface area contributed by atoms with Gasteiger partial charge in [-0.3, -0.25) is 9.59 Å². The number of nitrogens with zero attached hydrogens (tertiary/aromatic N) is 1. The highest BCUT2D eigenvalue weighted by Gasteiger charge is 2.30. The molecule has 2 amide bonds. The fraction of sp³-hybridized carbons (Fsp3) is 0.273. The van der Waals surface area contributed by atoms with E-state index in [4.69, 9.17) is 11.6 Å². The van der Waals surface area contributed by atoms with Crippen LogP contribution in [0.5, 0.6) is 0 Å². The molecule has 0 spiro atoms. The second-order valence-corrected chi connectivity index (χ2v) is 5.07. The maximum Gasteiger partial charge on any atom is 0.249 e. The van der Waals surface area contributed by atoms with Crippen molar-refractivity contribution in [2.24, 2.45) is 0 Å². The van der Waals surface area contributed by atoms with Gasteiger partial charge in [0.05, 0.1) is 5.02 Å². The topological polar surface area (TPSA) is 49.4 Å².